The molecule has 160 valence electrons. The first-order valence-corrected chi connectivity index (χ1v) is 10.2. The fourth-order valence-corrected chi connectivity index (χ4v) is 4.11. The average molecular weight is 411 g/mol. The number of carbonyl (C=O) groups excluding carboxylic acids is 2. The summed E-state index contributed by atoms with van der Waals surface area (Å²) in [4.78, 5) is 27.9. The van der Waals surface area contributed by atoms with Crippen LogP contribution in [0.25, 0.3) is 0 Å². The molecular formula is C21H28F3N3O2. The molecule has 29 heavy (non-hydrogen) atoms. The van der Waals surface area contributed by atoms with Gasteiger partial charge in [0.15, 0.2) is 5.78 Å². The van der Waals surface area contributed by atoms with E-state index < -0.39 is 12.1 Å². The van der Waals surface area contributed by atoms with Crippen molar-refractivity contribution < 1.29 is 22.8 Å². The highest BCUT2D eigenvalue weighted by molar-refractivity contribution is 5.94. The van der Waals surface area contributed by atoms with Crippen molar-refractivity contribution in [3.63, 3.8) is 0 Å². The molecule has 1 aliphatic heterocycles. The second kappa shape index (κ2) is 9.15. The van der Waals surface area contributed by atoms with Crippen LogP contribution in [0, 0.1) is 5.92 Å². The first kappa shape index (κ1) is 21.6. The fraction of sp³-hybridized carbons (Fsp3) is 0.619. The topological polar surface area (TPSA) is 52.7 Å². The second-order valence-electron chi connectivity index (χ2n) is 8.02. The molecule has 1 aromatic rings. The van der Waals surface area contributed by atoms with Gasteiger partial charge in [0.05, 0.1) is 12.5 Å². The van der Waals surface area contributed by atoms with E-state index in [1.807, 2.05) is 24.3 Å². The summed E-state index contributed by atoms with van der Waals surface area (Å²) in [6, 6.07) is 7.38. The normalized spacial score (nSPS) is 23.7. The number of nitrogens with zero attached hydrogens (tertiary/aromatic N) is 2. The first-order chi connectivity index (χ1) is 13.7. The SMILES string of the molecule is CC(=O)c1ccc(N2CCN(CC(=O)NC3CCC(C(F)(F)F)CC3)CC2)cc1. The number of Topliss-reactive ketones (excluding diaryl/α,β-unsaturated/α-hetero) is 1. The maximum absolute atomic E-state index is 12.7. The summed E-state index contributed by atoms with van der Waals surface area (Å²) in [5, 5.41) is 2.90. The summed E-state index contributed by atoms with van der Waals surface area (Å²) in [5.74, 6) is -1.30. The summed E-state index contributed by atoms with van der Waals surface area (Å²) in [6.07, 6.45) is -3.16. The van der Waals surface area contributed by atoms with Crippen LogP contribution in [-0.2, 0) is 4.79 Å². The molecule has 0 bridgehead atoms. The molecule has 1 heterocycles. The van der Waals surface area contributed by atoms with Gasteiger partial charge in [0.25, 0.3) is 0 Å². The van der Waals surface area contributed by atoms with Crippen molar-refractivity contribution >= 4 is 17.4 Å². The molecule has 2 fully saturated rings. The molecule has 1 aliphatic carbocycles. The molecule has 1 N–H and O–H groups in total. The Labute approximate surface area is 169 Å². The molecule has 2 aliphatic rings. The maximum Gasteiger partial charge on any atom is 0.391 e. The smallest absolute Gasteiger partial charge is 0.369 e. The van der Waals surface area contributed by atoms with Crippen molar-refractivity contribution in [2.45, 2.75) is 44.8 Å². The Kier molecular flexibility index (Phi) is 6.82. The lowest BCUT2D eigenvalue weighted by molar-refractivity contribution is -0.182. The summed E-state index contributed by atoms with van der Waals surface area (Å²) in [7, 11) is 0. The highest BCUT2D eigenvalue weighted by Crippen LogP contribution is 2.37. The van der Waals surface area contributed by atoms with Crippen LogP contribution < -0.4 is 10.2 Å². The summed E-state index contributed by atoms with van der Waals surface area (Å²) in [5.41, 5.74) is 1.74. The van der Waals surface area contributed by atoms with Crippen molar-refractivity contribution in [3.05, 3.63) is 29.8 Å². The number of anilines is 1. The van der Waals surface area contributed by atoms with Gasteiger partial charge in [-0.15, -0.1) is 0 Å². The fourth-order valence-electron chi connectivity index (χ4n) is 4.11. The molecule has 8 heteroatoms. The Balaban J connectivity index is 1.39. The molecule has 1 amide bonds. The Morgan fingerprint density at radius 2 is 1.59 bits per heavy atom. The number of hydrogen-bond donors (Lipinski definition) is 1. The van der Waals surface area contributed by atoms with Crippen LogP contribution >= 0.6 is 0 Å². The Morgan fingerprint density at radius 1 is 1.00 bits per heavy atom. The van der Waals surface area contributed by atoms with Gasteiger partial charge in [0, 0.05) is 43.5 Å². The largest absolute Gasteiger partial charge is 0.391 e. The van der Waals surface area contributed by atoms with Crippen molar-refractivity contribution in [1.29, 1.82) is 0 Å². The first-order valence-electron chi connectivity index (χ1n) is 10.2. The minimum atomic E-state index is -4.12. The van der Waals surface area contributed by atoms with E-state index in [0.29, 0.717) is 18.4 Å². The minimum Gasteiger partial charge on any atom is -0.369 e. The predicted octanol–water partition coefficient (Wildman–Crippen LogP) is 3.25. The van der Waals surface area contributed by atoms with E-state index in [1.165, 1.54) is 0 Å². The molecule has 0 unspecified atom stereocenters. The zero-order valence-corrected chi connectivity index (χ0v) is 16.7. The van der Waals surface area contributed by atoms with E-state index in [1.54, 1.807) is 6.92 Å². The van der Waals surface area contributed by atoms with Gasteiger partial charge in [-0.3, -0.25) is 14.5 Å². The number of amides is 1. The van der Waals surface area contributed by atoms with E-state index in [4.69, 9.17) is 0 Å². The number of ketones is 1. The third-order valence-corrected chi connectivity index (χ3v) is 5.93. The number of benzene rings is 1. The van der Waals surface area contributed by atoms with Crippen LogP contribution in [0.2, 0.25) is 0 Å². The molecular weight excluding hydrogens is 383 g/mol. The van der Waals surface area contributed by atoms with Gasteiger partial charge in [-0.05, 0) is 56.9 Å². The molecule has 0 atom stereocenters. The molecule has 0 radical (unpaired) electrons. The molecule has 1 aromatic carbocycles. The Hall–Kier alpha value is -2.09. The lowest BCUT2D eigenvalue weighted by atomic mass is 9.85. The number of alkyl halides is 3. The van der Waals surface area contributed by atoms with Gasteiger partial charge in [-0.2, -0.15) is 13.2 Å². The molecule has 0 spiro atoms. The van der Waals surface area contributed by atoms with E-state index in [-0.39, 0.29) is 37.1 Å². The van der Waals surface area contributed by atoms with Crippen molar-refractivity contribution in [1.82, 2.24) is 10.2 Å². The van der Waals surface area contributed by atoms with Crippen LogP contribution in [0.1, 0.15) is 43.0 Å². The summed E-state index contributed by atoms with van der Waals surface area (Å²) in [6.45, 7) is 4.86. The highest BCUT2D eigenvalue weighted by Gasteiger charge is 2.41. The van der Waals surface area contributed by atoms with Gasteiger partial charge in [0.1, 0.15) is 0 Å². The third-order valence-electron chi connectivity index (χ3n) is 5.93. The number of rotatable bonds is 5. The second-order valence-corrected chi connectivity index (χ2v) is 8.02. The van der Waals surface area contributed by atoms with Gasteiger partial charge < -0.3 is 10.2 Å². The Bertz CT molecular complexity index is 705. The number of piperazine rings is 1. The highest BCUT2D eigenvalue weighted by atomic mass is 19.4. The quantitative estimate of drug-likeness (QED) is 0.756. The molecule has 0 aromatic heterocycles. The van der Waals surface area contributed by atoms with E-state index in [9.17, 15) is 22.8 Å². The summed E-state index contributed by atoms with van der Waals surface area (Å²) >= 11 is 0. The molecule has 3 rings (SSSR count). The third kappa shape index (κ3) is 5.95. The number of halogens is 3. The average Bonchev–Trinajstić information content (AvgIpc) is 2.68. The van der Waals surface area contributed by atoms with Crippen LogP contribution in [0.15, 0.2) is 24.3 Å². The van der Waals surface area contributed by atoms with Gasteiger partial charge >= 0.3 is 6.18 Å². The zero-order valence-electron chi connectivity index (χ0n) is 16.7. The minimum absolute atomic E-state index is 0.0410. The lowest BCUT2D eigenvalue weighted by Crippen LogP contribution is -2.51. The standard InChI is InChI=1S/C21H28F3N3O2/c1-15(28)16-2-8-19(9-3-16)27-12-10-26(11-13-27)14-20(29)25-18-6-4-17(5-7-18)21(22,23)24/h2-3,8-9,17-18H,4-7,10-14H2,1H3,(H,25,29). The van der Waals surface area contributed by atoms with Gasteiger partial charge in [0.2, 0.25) is 5.91 Å². The van der Waals surface area contributed by atoms with Crippen molar-refractivity contribution in [3.8, 4) is 0 Å². The van der Waals surface area contributed by atoms with Crippen molar-refractivity contribution in [2.75, 3.05) is 37.6 Å². The van der Waals surface area contributed by atoms with E-state index in [0.717, 1.165) is 31.9 Å². The van der Waals surface area contributed by atoms with Crippen LogP contribution in [0.5, 0.6) is 0 Å². The number of nitrogens with one attached hydrogen (secondary N) is 1. The van der Waals surface area contributed by atoms with Crippen LogP contribution in [-0.4, -0.2) is 61.5 Å². The molecule has 5 nitrogen and oxygen atoms in total. The molecule has 1 saturated heterocycles. The number of carbonyl (C=O) groups is 2. The predicted molar refractivity (Wildman–Crippen MR) is 105 cm³/mol. The summed E-state index contributed by atoms with van der Waals surface area (Å²) < 4.78 is 38.2. The number of hydrogen-bond acceptors (Lipinski definition) is 4. The lowest BCUT2D eigenvalue weighted by Gasteiger charge is -2.36. The van der Waals surface area contributed by atoms with Crippen LogP contribution in [0.4, 0.5) is 18.9 Å². The maximum atomic E-state index is 12.7. The van der Waals surface area contributed by atoms with E-state index in [2.05, 4.69) is 15.1 Å². The molecule has 1 saturated carbocycles. The zero-order chi connectivity index (χ0) is 21.0. The van der Waals surface area contributed by atoms with E-state index >= 15 is 0 Å². The van der Waals surface area contributed by atoms with Gasteiger partial charge in [-0.1, -0.05) is 0 Å². The van der Waals surface area contributed by atoms with Gasteiger partial charge in [-0.25, -0.2) is 0 Å². The Morgan fingerprint density at radius 3 is 2.10 bits per heavy atom. The van der Waals surface area contributed by atoms with Crippen LogP contribution in [0.3, 0.4) is 0 Å². The monoisotopic (exact) mass is 411 g/mol. The van der Waals surface area contributed by atoms with Crippen molar-refractivity contribution in [2.24, 2.45) is 5.92 Å².